The maximum absolute atomic E-state index is 9.04. The van der Waals surface area contributed by atoms with Crippen molar-refractivity contribution in [3.63, 3.8) is 0 Å². The molecule has 1 aromatic carbocycles. The zero-order valence-corrected chi connectivity index (χ0v) is 9.20. The lowest BCUT2D eigenvalue weighted by atomic mass is 10.1. The summed E-state index contributed by atoms with van der Waals surface area (Å²) in [5.74, 6) is 0.684. The number of aliphatic hydroxyl groups is 1. The van der Waals surface area contributed by atoms with E-state index in [1.807, 2.05) is 6.07 Å². The van der Waals surface area contributed by atoms with E-state index < -0.39 is 0 Å². The maximum atomic E-state index is 9.04. The summed E-state index contributed by atoms with van der Waals surface area (Å²) in [7, 11) is 1.56. The number of methoxy groups -OCH3 is 1. The summed E-state index contributed by atoms with van der Waals surface area (Å²) in [5, 5.41) is 17.8. The molecule has 0 aliphatic carbocycles. The molecule has 0 radical (unpaired) electrons. The summed E-state index contributed by atoms with van der Waals surface area (Å²) in [6.45, 7) is -0.141. The van der Waals surface area contributed by atoms with Crippen molar-refractivity contribution in [1.82, 2.24) is 0 Å². The number of halogens is 1. The van der Waals surface area contributed by atoms with E-state index in [-0.39, 0.29) is 6.61 Å². The molecule has 0 amide bonds. The summed E-state index contributed by atoms with van der Waals surface area (Å²) >= 11 is 2.05. The van der Waals surface area contributed by atoms with Crippen LogP contribution in [0, 0.1) is 14.9 Å². The van der Waals surface area contributed by atoms with Gasteiger partial charge in [-0.2, -0.15) is 5.26 Å². The van der Waals surface area contributed by atoms with Crippen LogP contribution in [0.15, 0.2) is 12.1 Å². The van der Waals surface area contributed by atoms with Gasteiger partial charge < -0.3 is 9.84 Å². The predicted octanol–water partition coefficient (Wildman–Crippen LogP) is 1.66. The van der Waals surface area contributed by atoms with Crippen LogP contribution in [0.3, 0.4) is 0 Å². The van der Waals surface area contributed by atoms with E-state index in [4.69, 9.17) is 15.1 Å². The molecule has 0 saturated heterocycles. The van der Waals surface area contributed by atoms with Crippen LogP contribution in [-0.2, 0) is 6.61 Å². The number of rotatable bonds is 2. The lowest BCUT2D eigenvalue weighted by Crippen LogP contribution is -1.97. The molecule has 4 heteroatoms. The van der Waals surface area contributed by atoms with Crippen molar-refractivity contribution >= 4 is 22.6 Å². The van der Waals surface area contributed by atoms with Crippen molar-refractivity contribution in [3.8, 4) is 11.8 Å². The molecule has 0 spiro atoms. The highest BCUT2D eigenvalue weighted by Gasteiger charge is 2.09. The minimum Gasteiger partial charge on any atom is -0.496 e. The first-order valence-corrected chi connectivity index (χ1v) is 4.68. The van der Waals surface area contributed by atoms with Crippen molar-refractivity contribution in [2.24, 2.45) is 0 Å². The average Bonchev–Trinajstić information content (AvgIpc) is 2.17. The molecular weight excluding hydrogens is 281 g/mol. The summed E-state index contributed by atoms with van der Waals surface area (Å²) in [4.78, 5) is 0. The van der Waals surface area contributed by atoms with Crippen molar-refractivity contribution in [1.29, 1.82) is 5.26 Å². The van der Waals surface area contributed by atoms with Crippen LogP contribution in [0.4, 0.5) is 0 Å². The Bertz CT molecular complexity index is 357. The lowest BCUT2D eigenvalue weighted by molar-refractivity contribution is 0.279. The summed E-state index contributed by atoms with van der Waals surface area (Å²) in [5.41, 5.74) is 1.12. The van der Waals surface area contributed by atoms with Gasteiger partial charge in [-0.25, -0.2) is 0 Å². The van der Waals surface area contributed by atoms with Gasteiger partial charge in [0.1, 0.15) is 5.75 Å². The highest BCUT2D eigenvalue weighted by molar-refractivity contribution is 14.1. The van der Waals surface area contributed by atoms with Crippen molar-refractivity contribution in [2.75, 3.05) is 7.11 Å². The van der Waals surface area contributed by atoms with Crippen LogP contribution in [0.1, 0.15) is 11.1 Å². The van der Waals surface area contributed by atoms with E-state index in [1.54, 1.807) is 19.2 Å². The Labute approximate surface area is 90.1 Å². The fourth-order valence-electron chi connectivity index (χ4n) is 1.02. The Kier molecular flexibility index (Phi) is 3.51. The smallest absolute Gasteiger partial charge is 0.132 e. The standard InChI is InChI=1S/C9H8INO2/c1-13-8-3-2-6(4-11)7(5-12)9(8)10/h2-3,12H,5H2,1H3. The molecule has 0 aliphatic heterocycles. The molecular formula is C9H8INO2. The van der Waals surface area contributed by atoms with E-state index in [0.717, 1.165) is 3.57 Å². The minimum absolute atomic E-state index is 0.141. The number of nitrogens with zero attached hydrogens (tertiary/aromatic N) is 1. The zero-order chi connectivity index (χ0) is 9.84. The highest BCUT2D eigenvalue weighted by atomic mass is 127. The van der Waals surface area contributed by atoms with E-state index >= 15 is 0 Å². The molecule has 0 saturated carbocycles. The van der Waals surface area contributed by atoms with Gasteiger partial charge in [-0.05, 0) is 34.7 Å². The van der Waals surface area contributed by atoms with E-state index in [9.17, 15) is 0 Å². The second-order valence-corrected chi connectivity index (χ2v) is 3.46. The molecule has 0 atom stereocenters. The molecule has 1 aromatic rings. The van der Waals surface area contributed by atoms with Gasteiger partial charge in [0.15, 0.2) is 0 Å². The Hall–Kier alpha value is -0.800. The number of ether oxygens (including phenoxy) is 1. The molecule has 0 bridgehead atoms. The van der Waals surface area contributed by atoms with Gasteiger partial charge in [0, 0.05) is 5.56 Å². The van der Waals surface area contributed by atoms with Crippen molar-refractivity contribution in [2.45, 2.75) is 6.61 Å². The monoisotopic (exact) mass is 289 g/mol. The fourth-order valence-corrected chi connectivity index (χ4v) is 1.88. The molecule has 1 rings (SSSR count). The number of nitriles is 1. The van der Waals surface area contributed by atoms with Gasteiger partial charge in [0.25, 0.3) is 0 Å². The topological polar surface area (TPSA) is 53.2 Å². The van der Waals surface area contributed by atoms with Crippen LogP contribution in [0.5, 0.6) is 5.75 Å². The van der Waals surface area contributed by atoms with E-state index in [1.165, 1.54) is 0 Å². The normalized spacial score (nSPS) is 9.38. The Morgan fingerprint density at radius 2 is 2.31 bits per heavy atom. The van der Waals surface area contributed by atoms with Gasteiger partial charge in [-0.1, -0.05) is 0 Å². The lowest BCUT2D eigenvalue weighted by Gasteiger charge is -2.08. The van der Waals surface area contributed by atoms with Gasteiger partial charge in [-0.15, -0.1) is 0 Å². The molecule has 0 unspecified atom stereocenters. The summed E-state index contributed by atoms with van der Waals surface area (Å²) in [6.07, 6.45) is 0. The Balaban J connectivity index is 3.34. The molecule has 0 aromatic heterocycles. The zero-order valence-electron chi connectivity index (χ0n) is 7.04. The first-order chi connectivity index (χ1) is 6.24. The Morgan fingerprint density at radius 1 is 1.62 bits per heavy atom. The second kappa shape index (κ2) is 4.44. The Morgan fingerprint density at radius 3 is 2.77 bits per heavy atom. The molecule has 0 heterocycles. The number of hydrogen-bond acceptors (Lipinski definition) is 3. The molecule has 13 heavy (non-hydrogen) atoms. The van der Waals surface area contributed by atoms with Crippen molar-refractivity contribution in [3.05, 3.63) is 26.8 Å². The minimum atomic E-state index is -0.141. The first-order valence-electron chi connectivity index (χ1n) is 3.61. The first kappa shape index (κ1) is 10.3. The third-order valence-electron chi connectivity index (χ3n) is 1.71. The van der Waals surface area contributed by atoms with Gasteiger partial charge in [-0.3, -0.25) is 0 Å². The van der Waals surface area contributed by atoms with Crippen molar-refractivity contribution < 1.29 is 9.84 Å². The van der Waals surface area contributed by atoms with Crippen LogP contribution < -0.4 is 4.74 Å². The third-order valence-corrected chi connectivity index (χ3v) is 2.89. The number of hydrogen-bond donors (Lipinski definition) is 1. The fraction of sp³-hybridized carbons (Fsp3) is 0.222. The van der Waals surface area contributed by atoms with Crippen LogP contribution in [-0.4, -0.2) is 12.2 Å². The van der Waals surface area contributed by atoms with Crippen LogP contribution in [0.2, 0.25) is 0 Å². The molecule has 1 N–H and O–H groups in total. The molecule has 3 nitrogen and oxygen atoms in total. The largest absolute Gasteiger partial charge is 0.496 e. The van der Waals surface area contributed by atoms with Gasteiger partial charge in [0.2, 0.25) is 0 Å². The quantitative estimate of drug-likeness (QED) is 0.842. The molecule has 68 valence electrons. The van der Waals surface area contributed by atoms with Gasteiger partial charge in [0.05, 0.1) is 28.9 Å². The molecule has 0 aliphatic rings. The predicted molar refractivity (Wildman–Crippen MR) is 56.3 cm³/mol. The summed E-state index contributed by atoms with van der Waals surface area (Å²) in [6, 6.07) is 5.39. The highest BCUT2D eigenvalue weighted by Crippen LogP contribution is 2.26. The second-order valence-electron chi connectivity index (χ2n) is 2.38. The number of aliphatic hydroxyl groups excluding tert-OH is 1. The SMILES string of the molecule is COc1ccc(C#N)c(CO)c1I. The van der Waals surface area contributed by atoms with Crippen LogP contribution >= 0.6 is 22.6 Å². The van der Waals surface area contributed by atoms with Gasteiger partial charge >= 0.3 is 0 Å². The maximum Gasteiger partial charge on any atom is 0.132 e. The number of benzene rings is 1. The molecule has 0 fully saturated rings. The third kappa shape index (κ3) is 1.92. The van der Waals surface area contributed by atoms with Crippen LogP contribution in [0.25, 0.3) is 0 Å². The summed E-state index contributed by atoms with van der Waals surface area (Å²) < 4.78 is 5.85. The van der Waals surface area contributed by atoms with E-state index in [0.29, 0.717) is 16.9 Å². The average molecular weight is 289 g/mol. The van der Waals surface area contributed by atoms with E-state index in [2.05, 4.69) is 22.6 Å².